The second kappa shape index (κ2) is 29.4. The molecule has 10 aromatic carbocycles. The second-order valence-electron chi connectivity index (χ2n) is 21.7. The highest BCUT2D eigenvalue weighted by molar-refractivity contribution is 5.90. The zero-order chi connectivity index (χ0) is 63.9. The van der Waals surface area contributed by atoms with Crippen LogP contribution in [0.15, 0.2) is 255 Å². The van der Waals surface area contributed by atoms with Crippen molar-refractivity contribution < 1.29 is 42.6 Å². The lowest BCUT2D eigenvalue weighted by Crippen LogP contribution is -2.23. The van der Waals surface area contributed by atoms with E-state index in [-0.39, 0.29) is 0 Å². The summed E-state index contributed by atoms with van der Waals surface area (Å²) in [6, 6.07) is 78.1. The van der Waals surface area contributed by atoms with Crippen LogP contribution in [0, 0.1) is 0 Å². The molecule has 1 aliphatic heterocycles. The monoisotopic (exact) mass is 1220 g/mol. The number of hydrogen-bond acceptors (Lipinski definition) is 12. The van der Waals surface area contributed by atoms with E-state index in [0.717, 1.165) is 155 Å². The molecule has 0 saturated heterocycles. The molecule has 0 fully saturated rings. The lowest BCUT2D eigenvalue weighted by Gasteiger charge is -2.34. The van der Waals surface area contributed by atoms with E-state index in [1.54, 1.807) is 56.9 Å². The Bertz CT molecular complexity index is 3530. The van der Waals surface area contributed by atoms with Gasteiger partial charge in [-0.1, -0.05) is 110 Å². The third-order valence-corrected chi connectivity index (χ3v) is 16.3. The molecular formula is C80H75N3O9. The normalized spacial score (nSPS) is 11.1. The number of anilines is 4. The quantitative estimate of drug-likeness (QED) is 0.0546. The smallest absolute Gasteiger partial charge is 0.153 e. The van der Waals surface area contributed by atoms with Gasteiger partial charge in [0.25, 0.3) is 0 Å². The third kappa shape index (κ3) is 14.3. The number of benzene rings is 10. The molecule has 0 bridgehead atoms. The summed E-state index contributed by atoms with van der Waals surface area (Å²) in [5.74, 6) is 7.40. The van der Waals surface area contributed by atoms with Crippen LogP contribution in [0.5, 0.6) is 57.5 Å². The Kier molecular flexibility index (Phi) is 19.9. The third-order valence-electron chi connectivity index (χ3n) is 16.3. The van der Waals surface area contributed by atoms with Crippen LogP contribution in [-0.2, 0) is 0 Å². The van der Waals surface area contributed by atoms with Crippen LogP contribution in [-0.4, -0.2) is 63.4 Å². The molecule has 0 amide bonds. The van der Waals surface area contributed by atoms with E-state index in [9.17, 15) is 0 Å². The largest absolute Gasteiger partial charge is 0.497 e. The van der Waals surface area contributed by atoms with Crippen LogP contribution in [0.2, 0.25) is 0 Å². The van der Waals surface area contributed by atoms with Gasteiger partial charge in [-0.05, 0) is 172 Å². The highest BCUT2D eigenvalue weighted by atomic mass is 16.5. The maximum atomic E-state index is 7.38. The second-order valence-corrected chi connectivity index (χ2v) is 21.7. The first-order chi connectivity index (χ1) is 45.1. The minimum atomic E-state index is 0.688. The van der Waals surface area contributed by atoms with E-state index in [0.29, 0.717) is 11.5 Å². The molecule has 11 rings (SSSR count). The van der Waals surface area contributed by atoms with Crippen LogP contribution in [0.25, 0.3) is 22.3 Å². The lowest BCUT2D eigenvalue weighted by molar-refractivity contribution is 0.414. The van der Waals surface area contributed by atoms with Gasteiger partial charge < -0.3 is 57.3 Å². The van der Waals surface area contributed by atoms with Gasteiger partial charge in [-0.2, -0.15) is 0 Å². The summed E-state index contributed by atoms with van der Waals surface area (Å²) < 4.78 is 52.7. The molecule has 464 valence electrons. The van der Waals surface area contributed by atoms with E-state index in [2.05, 4.69) is 180 Å². The molecule has 0 unspecified atom stereocenters. The number of hydrogen-bond donors (Lipinski definition) is 0. The van der Waals surface area contributed by atoms with Crippen molar-refractivity contribution in [1.29, 1.82) is 0 Å². The summed E-state index contributed by atoms with van der Waals surface area (Å²) in [7, 11) is 13.4. The summed E-state index contributed by atoms with van der Waals surface area (Å²) in [5.41, 5.74) is 15.2. The maximum Gasteiger partial charge on any atom is 0.153 e. The zero-order valence-corrected chi connectivity index (χ0v) is 53.4. The van der Waals surface area contributed by atoms with E-state index >= 15 is 0 Å². The Morgan fingerprint density at radius 1 is 0.304 bits per heavy atom. The van der Waals surface area contributed by atoms with Crippen LogP contribution < -0.4 is 57.3 Å². The average Bonchev–Trinajstić information content (AvgIpc) is 0.773. The molecule has 0 radical (unpaired) electrons. The van der Waals surface area contributed by atoms with Crippen molar-refractivity contribution in [2.45, 2.75) is 19.8 Å². The Balaban J connectivity index is 1.12. The molecule has 0 aromatic heterocycles. The summed E-state index contributed by atoms with van der Waals surface area (Å²) in [6.45, 7) is 2.97. The first-order valence-electron chi connectivity index (χ1n) is 30.5. The highest BCUT2D eigenvalue weighted by Gasteiger charge is 2.27. The molecule has 0 N–H and O–H groups in total. The molecule has 92 heavy (non-hydrogen) atoms. The van der Waals surface area contributed by atoms with Crippen LogP contribution in [0.1, 0.15) is 64.3 Å². The van der Waals surface area contributed by atoms with Gasteiger partial charge in [0.1, 0.15) is 46.0 Å². The maximum absolute atomic E-state index is 7.38. The molecule has 12 nitrogen and oxygen atoms in total. The number of fused-ring (bicyclic) bond motifs is 2. The van der Waals surface area contributed by atoms with Crippen LogP contribution in [0.4, 0.5) is 22.7 Å². The molecular weight excluding hydrogens is 1150 g/mol. The Labute approximate surface area is 540 Å². The molecule has 12 heteroatoms. The van der Waals surface area contributed by atoms with Crippen LogP contribution in [0.3, 0.4) is 0 Å². The van der Waals surface area contributed by atoms with Gasteiger partial charge >= 0.3 is 0 Å². The topological polar surface area (TPSA) is 92.8 Å². The van der Waals surface area contributed by atoms with Gasteiger partial charge in [0.05, 0.1) is 68.3 Å². The molecule has 0 atom stereocenters. The fraction of sp³-hybridized carbons (Fsp3) is 0.150. The first-order valence-corrected chi connectivity index (χ1v) is 30.5. The molecule has 1 heterocycles. The number of rotatable bonds is 25. The Hall–Kier alpha value is -11.2. The van der Waals surface area contributed by atoms with Gasteiger partial charge in [0.2, 0.25) is 0 Å². The predicted octanol–water partition coefficient (Wildman–Crippen LogP) is 18.8. The SMILES string of the molecule is CCCCN1c2ccc(N(C=C(c3ccc(OC)cc3)c3ccc(OC)cc3)C=C(c3ccc(OC)cc3)c3ccc(OC)cc3)cc2Oc2cc(N(C=C(c3ccc(OC)cc3)c3ccc(OC)cc3)C=C(c3ccc(OC)cc3)c3ccc(OC)cc3)ccc21. The van der Waals surface area contributed by atoms with Crippen molar-refractivity contribution in [3.8, 4) is 57.5 Å². The number of methoxy groups -OCH3 is 8. The fourth-order valence-corrected chi connectivity index (χ4v) is 11.1. The van der Waals surface area contributed by atoms with E-state index in [1.165, 1.54) is 0 Å². The highest BCUT2D eigenvalue weighted by Crippen LogP contribution is 2.50. The zero-order valence-electron chi connectivity index (χ0n) is 53.4. The van der Waals surface area contributed by atoms with Gasteiger partial charge in [-0.15, -0.1) is 0 Å². The lowest BCUT2D eigenvalue weighted by atomic mass is 9.97. The van der Waals surface area contributed by atoms with E-state index in [1.807, 2.05) is 97.1 Å². The molecule has 10 aromatic rings. The Morgan fingerprint density at radius 3 is 0.696 bits per heavy atom. The number of nitrogens with zero attached hydrogens (tertiary/aromatic N) is 3. The van der Waals surface area contributed by atoms with Gasteiger partial charge in [0, 0.05) is 77.1 Å². The summed E-state index contributed by atoms with van der Waals surface area (Å²) in [4.78, 5) is 6.77. The number of ether oxygens (including phenoxy) is 9. The minimum Gasteiger partial charge on any atom is -0.497 e. The summed E-state index contributed by atoms with van der Waals surface area (Å²) in [6.07, 6.45) is 10.7. The summed E-state index contributed by atoms with van der Waals surface area (Å²) >= 11 is 0. The Morgan fingerprint density at radius 2 is 0.511 bits per heavy atom. The van der Waals surface area contributed by atoms with Crippen molar-refractivity contribution in [3.05, 3.63) is 300 Å². The minimum absolute atomic E-state index is 0.688. The van der Waals surface area contributed by atoms with Crippen molar-refractivity contribution in [2.24, 2.45) is 0 Å². The van der Waals surface area contributed by atoms with Crippen molar-refractivity contribution in [1.82, 2.24) is 0 Å². The first kappa shape index (κ1) is 62.4. The molecule has 1 aliphatic rings. The fourth-order valence-electron chi connectivity index (χ4n) is 11.1. The van der Waals surface area contributed by atoms with Gasteiger partial charge in [-0.25, -0.2) is 0 Å². The van der Waals surface area contributed by atoms with Crippen molar-refractivity contribution in [3.63, 3.8) is 0 Å². The van der Waals surface area contributed by atoms with Crippen molar-refractivity contribution in [2.75, 3.05) is 78.1 Å². The molecule has 0 spiro atoms. The average molecular weight is 1220 g/mol. The van der Waals surface area contributed by atoms with E-state index < -0.39 is 0 Å². The van der Waals surface area contributed by atoms with Crippen LogP contribution >= 0.6 is 0 Å². The molecule has 0 aliphatic carbocycles. The van der Waals surface area contributed by atoms with Crippen molar-refractivity contribution >= 4 is 45.0 Å². The van der Waals surface area contributed by atoms with E-state index in [4.69, 9.17) is 42.6 Å². The van der Waals surface area contributed by atoms with Gasteiger partial charge in [-0.3, -0.25) is 0 Å². The summed E-state index contributed by atoms with van der Waals surface area (Å²) in [5, 5.41) is 0. The standard InChI is InChI=1S/C80H75N3O9/c1-10-11-48-83-77-46-28-63(81(51-73(55-12-30-65(84-2)31-13-55)56-14-32-66(85-3)33-15-56)52-74(57-16-34-67(86-4)35-17-57)58-18-36-68(87-5)37-19-58)49-79(77)92-80-50-64(29-47-78(80)83)82(53-75(59-20-38-69(88-6)39-21-59)60-22-40-70(89-7)41-23-60)54-76(61-24-42-71(90-8)43-25-61)62-26-44-72(91-9)45-27-62/h12-47,49-54H,10-11,48H2,1-9H3. The number of unbranched alkanes of at least 4 members (excludes halogenated alkanes) is 1. The molecule has 0 saturated carbocycles. The van der Waals surface area contributed by atoms with Gasteiger partial charge in [0.15, 0.2) is 11.5 Å². The predicted molar refractivity (Wildman–Crippen MR) is 372 cm³/mol.